The van der Waals surface area contributed by atoms with Gasteiger partial charge in [0.1, 0.15) is 5.82 Å². The summed E-state index contributed by atoms with van der Waals surface area (Å²) in [6, 6.07) is 4.44. The van der Waals surface area contributed by atoms with Crippen LogP contribution in [0.15, 0.2) is 18.2 Å². The van der Waals surface area contributed by atoms with E-state index in [1.807, 2.05) is 27.7 Å². The van der Waals surface area contributed by atoms with Gasteiger partial charge in [-0.3, -0.25) is 4.79 Å². The molecule has 5 nitrogen and oxygen atoms in total. The highest BCUT2D eigenvalue weighted by atomic mass is 19.1. The lowest BCUT2D eigenvalue weighted by Gasteiger charge is -2.32. The van der Waals surface area contributed by atoms with Crippen LogP contribution in [0.3, 0.4) is 0 Å². The summed E-state index contributed by atoms with van der Waals surface area (Å²) < 4.78 is 31.4. The lowest BCUT2D eigenvalue weighted by atomic mass is 9.78. The molecular formula is C17H23BFNO4. The Morgan fingerprint density at radius 1 is 1.12 bits per heavy atom. The number of morpholine rings is 1. The minimum absolute atomic E-state index is 0.0455. The first-order valence-electron chi connectivity index (χ1n) is 8.23. The lowest BCUT2D eigenvalue weighted by molar-refractivity contribution is 0.00578. The quantitative estimate of drug-likeness (QED) is 0.771. The Morgan fingerprint density at radius 3 is 2.29 bits per heavy atom. The van der Waals surface area contributed by atoms with Gasteiger partial charge in [-0.05, 0) is 45.3 Å². The van der Waals surface area contributed by atoms with Gasteiger partial charge in [0.05, 0.1) is 30.0 Å². The molecule has 0 unspecified atom stereocenters. The van der Waals surface area contributed by atoms with Crippen LogP contribution in [0, 0.1) is 5.82 Å². The van der Waals surface area contributed by atoms with Crippen LogP contribution in [0.1, 0.15) is 38.1 Å². The van der Waals surface area contributed by atoms with E-state index in [-0.39, 0.29) is 11.5 Å². The smallest absolute Gasteiger partial charge is 0.399 e. The highest BCUT2D eigenvalue weighted by Gasteiger charge is 2.51. The van der Waals surface area contributed by atoms with Crippen LogP contribution in [0.25, 0.3) is 0 Å². The third-order valence-corrected chi connectivity index (χ3v) is 5.04. The van der Waals surface area contributed by atoms with Crippen molar-refractivity contribution in [3.8, 4) is 0 Å². The standard InChI is InChI=1S/C17H23BFNO4/c1-16(2)17(3,4)24-18(23-16)12-5-6-14(19)13(11-12)15(21)20-7-9-22-10-8-20/h5-6,11H,7-10H2,1-4H3. The van der Waals surface area contributed by atoms with E-state index in [1.165, 1.54) is 12.1 Å². The molecule has 0 bridgehead atoms. The fourth-order valence-corrected chi connectivity index (χ4v) is 2.77. The summed E-state index contributed by atoms with van der Waals surface area (Å²) in [5, 5.41) is 0. The number of hydrogen-bond donors (Lipinski definition) is 0. The van der Waals surface area contributed by atoms with Crippen molar-refractivity contribution in [3.63, 3.8) is 0 Å². The number of halogens is 1. The minimum atomic E-state index is -0.619. The highest BCUT2D eigenvalue weighted by molar-refractivity contribution is 6.62. The van der Waals surface area contributed by atoms with Crippen LogP contribution in [-0.4, -0.2) is 55.4 Å². The van der Waals surface area contributed by atoms with Gasteiger partial charge >= 0.3 is 7.12 Å². The van der Waals surface area contributed by atoms with Gasteiger partial charge < -0.3 is 18.9 Å². The molecule has 3 rings (SSSR count). The summed E-state index contributed by atoms with van der Waals surface area (Å²) in [6.45, 7) is 9.71. The van der Waals surface area contributed by atoms with Crippen molar-refractivity contribution in [1.29, 1.82) is 0 Å². The fourth-order valence-electron chi connectivity index (χ4n) is 2.77. The maximum atomic E-state index is 14.2. The second-order valence-corrected chi connectivity index (χ2v) is 7.23. The lowest BCUT2D eigenvalue weighted by Crippen LogP contribution is -2.42. The largest absolute Gasteiger partial charge is 0.494 e. The van der Waals surface area contributed by atoms with E-state index in [0.29, 0.717) is 31.8 Å². The van der Waals surface area contributed by atoms with Crippen molar-refractivity contribution in [1.82, 2.24) is 4.90 Å². The highest BCUT2D eigenvalue weighted by Crippen LogP contribution is 2.36. The van der Waals surface area contributed by atoms with Crippen molar-refractivity contribution in [2.24, 2.45) is 0 Å². The van der Waals surface area contributed by atoms with Gasteiger partial charge in [-0.25, -0.2) is 4.39 Å². The topological polar surface area (TPSA) is 48.0 Å². The van der Waals surface area contributed by atoms with E-state index in [0.717, 1.165) is 0 Å². The Kier molecular flexibility index (Phi) is 4.44. The molecule has 0 aromatic heterocycles. The molecule has 0 N–H and O–H groups in total. The van der Waals surface area contributed by atoms with Gasteiger partial charge in [0.2, 0.25) is 0 Å². The number of amides is 1. The first-order valence-corrected chi connectivity index (χ1v) is 8.23. The third kappa shape index (κ3) is 3.08. The molecule has 0 aliphatic carbocycles. The van der Waals surface area contributed by atoms with Crippen molar-refractivity contribution in [2.75, 3.05) is 26.3 Å². The molecule has 0 spiro atoms. The van der Waals surface area contributed by atoms with E-state index < -0.39 is 24.1 Å². The Morgan fingerprint density at radius 2 is 1.71 bits per heavy atom. The molecule has 24 heavy (non-hydrogen) atoms. The van der Waals surface area contributed by atoms with E-state index in [2.05, 4.69) is 0 Å². The molecule has 130 valence electrons. The second kappa shape index (κ2) is 6.13. The second-order valence-electron chi connectivity index (χ2n) is 7.23. The average Bonchev–Trinajstić information content (AvgIpc) is 2.76. The van der Waals surface area contributed by atoms with Crippen LogP contribution in [0.4, 0.5) is 4.39 Å². The predicted octanol–water partition coefficient (Wildman–Crippen LogP) is 1.60. The van der Waals surface area contributed by atoms with E-state index in [9.17, 15) is 9.18 Å². The summed E-state index contributed by atoms with van der Waals surface area (Å²) in [4.78, 5) is 14.2. The Balaban J connectivity index is 1.86. The maximum Gasteiger partial charge on any atom is 0.494 e. The van der Waals surface area contributed by atoms with Gasteiger partial charge in [-0.15, -0.1) is 0 Å². The molecule has 7 heteroatoms. The van der Waals surface area contributed by atoms with E-state index >= 15 is 0 Å². The predicted molar refractivity (Wildman–Crippen MR) is 88.8 cm³/mol. The minimum Gasteiger partial charge on any atom is -0.399 e. The van der Waals surface area contributed by atoms with Gasteiger partial charge in [0.15, 0.2) is 0 Å². The summed E-state index contributed by atoms with van der Waals surface area (Å²) in [5.74, 6) is -0.860. The molecule has 2 heterocycles. The third-order valence-electron chi connectivity index (χ3n) is 5.04. The molecule has 2 saturated heterocycles. The summed E-state index contributed by atoms with van der Waals surface area (Å²) in [6.07, 6.45) is 0. The maximum absolute atomic E-state index is 14.2. The van der Waals surface area contributed by atoms with Gasteiger partial charge in [0.25, 0.3) is 5.91 Å². The number of carbonyl (C=O) groups is 1. The summed E-state index contributed by atoms with van der Waals surface area (Å²) in [7, 11) is -0.619. The number of carbonyl (C=O) groups excluding carboxylic acids is 1. The zero-order valence-electron chi connectivity index (χ0n) is 14.6. The van der Waals surface area contributed by atoms with Crippen LogP contribution in [0.2, 0.25) is 0 Å². The molecule has 2 aliphatic heterocycles. The first kappa shape index (κ1) is 17.4. The number of hydrogen-bond acceptors (Lipinski definition) is 4. The monoisotopic (exact) mass is 335 g/mol. The van der Waals surface area contributed by atoms with Crippen LogP contribution in [0.5, 0.6) is 0 Å². The zero-order chi connectivity index (χ0) is 17.5. The van der Waals surface area contributed by atoms with Crippen molar-refractivity contribution in [2.45, 2.75) is 38.9 Å². The first-order chi connectivity index (χ1) is 11.2. The molecule has 2 aliphatic rings. The SMILES string of the molecule is CC1(C)OB(c2ccc(F)c(C(=O)N3CCOCC3)c2)OC1(C)C. The van der Waals surface area contributed by atoms with Gasteiger partial charge in [-0.2, -0.15) is 0 Å². The Hall–Kier alpha value is -1.44. The van der Waals surface area contributed by atoms with Crippen LogP contribution in [-0.2, 0) is 14.0 Å². The van der Waals surface area contributed by atoms with Crippen molar-refractivity contribution in [3.05, 3.63) is 29.6 Å². The number of benzene rings is 1. The van der Waals surface area contributed by atoms with Gasteiger partial charge in [0, 0.05) is 13.1 Å². The molecule has 0 radical (unpaired) electrons. The molecular weight excluding hydrogens is 312 g/mol. The van der Waals surface area contributed by atoms with Crippen molar-refractivity contribution < 1.29 is 23.2 Å². The fraction of sp³-hybridized carbons (Fsp3) is 0.588. The molecule has 0 atom stereocenters. The Bertz CT molecular complexity index is 627. The van der Waals surface area contributed by atoms with Crippen LogP contribution >= 0.6 is 0 Å². The number of nitrogens with zero attached hydrogens (tertiary/aromatic N) is 1. The zero-order valence-corrected chi connectivity index (χ0v) is 14.6. The molecule has 1 aromatic rings. The summed E-state index contributed by atoms with van der Waals surface area (Å²) in [5.41, 5.74) is -0.281. The molecule has 1 aromatic carbocycles. The molecule has 1 amide bonds. The summed E-state index contributed by atoms with van der Waals surface area (Å²) >= 11 is 0. The van der Waals surface area contributed by atoms with Gasteiger partial charge in [-0.1, -0.05) is 6.07 Å². The molecule has 2 fully saturated rings. The van der Waals surface area contributed by atoms with E-state index in [4.69, 9.17) is 14.0 Å². The Labute approximate surface area is 142 Å². The average molecular weight is 335 g/mol. The van der Waals surface area contributed by atoms with Crippen LogP contribution < -0.4 is 5.46 Å². The van der Waals surface area contributed by atoms with E-state index in [1.54, 1.807) is 11.0 Å². The van der Waals surface area contributed by atoms with Crippen molar-refractivity contribution >= 4 is 18.5 Å². The normalized spacial score (nSPS) is 22.7. The number of rotatable bonds is 2. The number of ether oxygens (including phenoxy) is 1. The molecule has 0 saturated carbocycles.